The number of hydrogen-bond acceptors (Lipinski definition) is 4. The number of carbonyl (C=O) groups is 1. The molecule has 1 amide bonds. The molecular formula is C11H17N3O2. The maximum Gasteiger partial charge on any atom is 0.251 e. The number of rotatable bonds is 4. The second-order valence-electron chi connectivity index (χ2n) is 3.68. The fraction of sp³-hybridized carbons (Fsp3) is 0.455. The Morgan fingerprint density at radius 3 is 2.88 bits per heavy atom. The van der Waals surface area contributed by atoms with Crippen LogP contribution in [0.3, 0.4) is 0 Å². The molecule has 0 bridgehead atoms. The van der Waals surface area contributed by atoms with Crippen molar-refractivity contribution in [1.82, 2.24) is 10.3 Å². The molecule has 5 nitrogen and oxygen atoms in total. The van der Waals surface area contributed by atoms with Crippen molar-refractivity contribution in [2.24, 2.45) is 0 Å². The zero-order valence-electron chi connectivity index (χ0n) is 9.78. The van der Waals surface area contributed by atoms with Crippen LogP contribution in [0.25, 0.3) is 0 Å². The lowest BCUT2D eigenvalue weighted by Crippen LogP contribution is -2.31. The van der Waals surface area contributed by atoms with Crippen LogP contribution in [0.4, 0.5) is 5.82 Å². The van der Waals surface area contributed by atoms with E-state index in [0.29, 0.717) is 17.9 Å². The second-order valence-corrected chi connectivity index (χ2v) is 3.68. The number of pyridine rings is 1. The van der Waals surface area contributed by atoms with Crippen LogP contribution in [0.5, 0.6) is 0 Å². The van der Waals surface area contributed by atoms with Gasteiger partial charge in [0.2, 0.25) is 0 Å². The fourth-order valence-electron chi connectivity index (χ4n) is 1.25. The molecule has 0 aliphatic heterocycles. The first kappa shape index (κ1) is 12.4. The molecule has 1 rings (SSSR count). The van der Waals surface area contributed by atoms with Gasteiger partial charge in [-0.2, -0.15) is 0 Å². The highest BCUT2D eigenvalue weighted by molar-refractivity contribution is 5.94. The van der Waals surface area contributed by atoms with Gasteiger partial charge in [0, 0.05) is 24.9 Å². The van der Waals surface area contributed by atoms with Crippen LogP contribution >= 0.6 is 0 Å². The van der Waals surface area contributed by atoms with Crippen molar-refractivity contribution < 1.29 is 9.53 Å². The zero-order valence-corrected chi connectivity index (χ0v) is 9.78. The van der Waals surface area contributed by atoms with Crippen molar-refractivity contribution in [3.8, 4) is 0 Å². The van der Waals surface area contributed by atoms with E-state index < -0.39 is 0 Å². The number of hydrogen-bond donors (Lipinski definition) is 2. The summed E-state index contributed by atoms with van der Waals surface area (Å²) >= 11 is 0. The summed E-state index contributed by atoms with van der Waals surface area (Å²) in [6.45, 7) is 4.15. The van der Waals surface area contributed by atoms with Gasteiger partial charge >= 0.3 is 0 Å². The van der Waals surface area contributed by atoms with E-state index in [9.17, 15) is 4.79 Å². The van der Waals surface area contributed by atoms with Crippen LogP contribution in [-0.4, -0.2) is 30.6 Å². The lowest BCUT2D eigenvalue weighted by Gasteiger charge is -2.11. The van der Waals surface area contributed by atoms with Gasteiger partial charge in [0.15, 0.2) is 0 Å². The molecule has 0 saturated carbocycles. The number of nitrogens with zero attached hydrogens (tertiary/aromatic N) is 1. The Morgan fingerprint density at radius 2 is 2.31 bits per heavy atom. The van der Waals surface area contributed by atoms with E-state index in [1.165, 1.54) is 0 Å². The van der Waals surface area contributed by atoms with Gasteiger partial charge in [-0.3, -0.25) is 4.79 Å². The summed E-state index contributed by atoms with van der Waals surface area (Å²) < 4.78 is 5.03. The Morgan fingerprint density at radius 1 is 1.62 bits per heavy atom. The average Bonchev–Trinajstić information content (AvgIpc) is 2.23. The van der Waals surface area contributed by atoms with Gasteiger partial charge < -0.3 is 15.8 Å². The molecule has 88 valence electrons. The van der Waals surface area contributed by atoms with Gasteiger partial charge in [-0.15, -0.1) is 0 Å². The molecule has 5 heteroatoms. The molecule has 1 atom stereocenters. The number of carbonyl (C=O) groups excluding carboxylic acids is 1. The minimum atomic E-state index is -0.166. The number of amides is 1. The van der Waals surface area contributed by atoms with Crippen LogP contribution in [0.1, 0.15) is 23.0 Å². The van der Waals surface area contributed by atoms with Crippen LogP contribution in [0.2, 0.25) is 0 Å². The van der Waals surface area contributed by atoms with E-state index in [1.807, 2.05) is 6.92 Å². The molecule has 3 N–H and O–H groups in total. The number of aromatic nitrogens is 1. The number of anilines is 1. The lowest BCUT2D eigenvalue weighted by atomic mass is 10.2. The summed E-state index contributed by atoms with van der Waals surface area (Å²) in [6, 6.07) is 3.25. The van der Waals surface area contributed by atoms with Crippen LogP contribution in [-0.2, 0) is 4.74 Å². The van der Waals surface area contributed by atoms with Crippen LogP contribution < -0.4 is 11.1 Å². The third-order valence-electron chi connectivity index (χ3n) is 2.19. The minimum Gasteiger partial charge on any atom is -0.384 e. The summed E-state index contributed by atoms with van der Waals surface area (Å²) in [6.07, 6.45) is -0.00997. The number of nitrogen functional groups attached to an aromatic ring is 1. The van der Waals surface area contributed by atoms with Gasteiger partial charge in [-0.25, -0.2) is 4.98 Å². The van der Waals surface area contributed by atoms with Crippen LogP contribution in [0.15, 0.2) is 12.1 Å². The van der Waals surface area contributed by atoms with E-state index in [2.05, 4.69) is 10.3 Å². The van der Waals surface area contributed by atoms with Gasteiger partial charge in [0.25, 0.3) is 5.91 Å². The predicted molar refractivity (Wildman–Crippen MR) is 62.2 cm³/mol. The summed E-state index contributed by atoms with van der Waals surface area (Å²) in [5.74, 6) is 0.186. The number of aryl methyl sites for hydroxylation is 1. The predicted octanol–water partition coefficient (Wildman–Crippen LogP) is 0.737. The Balaban J connectivity index is 2.66. The van der Waals surface area contributed by atoms with E-state index >= 15 is 0 Å². The van der Waals surface area contributed by atoms with Crippen molar-refractivity contribution in [3.05, 3.63) is 23.4 Å². The van der Waals surface area contributed by atoms with Crippen LogP contribution in [0, 0.1) is 6.92 Å². The zero-order chi connectivity index (χ0) is 12.1. The summed E-state index contributed by atoms with van der Waals surface area (Å²) in [5.41, 5.74) is 6.81. The quantitative estimate of drug-likeness (QED) is 0.789. The molecule has 1 aromatic heterocycles. The van der Waals surface area contributed by atoms with Gasteiger partial charge in [-0.05, 0) is 26.0 Å². The molecule has 0 aliphatic rings. The van der Waals surface area contributed by atoms with E-state index in [4.69, 9.17) is 10.5 Å². The first-order valence-electron chi connectivity index (χ1n) is 5.08. The second kappa shape index (κ2) is 5.46. The molecule has 0 aromatic carbocycles. The number of nitrogens with two attached hydrogens (primary N) is 1. The van der Waals surface area contributed by atoms with Crippen molar-refractivity contribution in [2.45, 2.75) is 20.0 Å². The number of nitrogens with one attached hydrogen (secondary N) is 1. The highest BCUT2D eigenvalue weighted by atomic mass is 16.5. The Kier molecular flexibility index (Phi) is 4.25. The highest BCUT2D eigenvalue weighted by Crippen LogP contribution is 2.06. The van der Waals surface area contributed by atoms with Crippen molar-refractivity contribution in [3.63, 3.8) is 0 Å². The molecule has 0 saturated heterocycles. The normalized spacial score (nSPS) is 12.2. The third kappa shape index (κ3) is 3.51. The molecular weight excluding hydrogens is 206 g/mol. The smallest absolute Gasteiger partial charge is 0.251 e. The molecule has 1 unspecified atom stereocenters. The Labute approximate surface area is 95.0 Å². The summed E-state index contributed by atoms with van der Waals surface area (Å²) in [7, 11) is 1.60. The summed E-state index contributed by atoms with van der Waals surface area (Å²) in [4.78, 5) is 15.7. The van der Waals surface area contributed by atoms with Crippen molar-refractivity contribution in [2.75, 3.05) is 19.4 Å². The van der Waals surface area contributed by atoms with Crippen molar-refractivity contribution in [1.29, 1.82) is 0 Å². The topological polar surface area (TPSA) is 77.2 Å². The van der Waals surface area contributed by atoms with E-state index in [0.717, 1.165) is 5.69 Å². The molecule has 1 heterocycles. The first-order chi connectivity index (χ1) is 7.52. The summed E-state index contributed by atoms with van der Waals surface area (Å²) in [5, 5.41) is 2.76. The molecule has 16 heavy (non-hydrogen) atoms. The first-order valence-corrected chi connectivity index (χ1v) is 5.08. The van der Waals surface area contributed by atoms with Gasteiger partial charge in [-0.1, -0.05) is 0 Å². The van der Waals surface area contributed by atoms with E-state index in [1.54, 1.807) is 26.2 Å². The standard InChI is InChI=1S/C11H17N3O2/c1-7-4-9(5-10(12)14-7)11(15)13-6-8(2)16-3/h4-5,8H,6H2,1-3H3,(H2,12,14)(H,13,15). The fourth-order valence-corrected chi connectivity index (χ4v) is 1.25. The molecule has 0 fully saturated rings. The van der Waals surface area contributed by atoms with E-state index in [-0.39, 0.29) is 12.0 Å². The number of methoxy groups -OCH3 is 1. The SMILES string of the molecule is COC(C)CNC(=O)c1cc(C)nc(N)c1. The molecule has 0 aliphatic carbocycles. The monoisotopic (exact) mass is 223 g/mol. The maximum atomic E-state index is 11.7. The largest absolute Gasteiger partial charge is 0.384 e. The Bertz CT molecular complexity index is 359. The highest BCUT2D eigenvalue weighted by Gasteiger charge is 2.08. The molecule has 0 radical (unpaired) electrons. The van der Waals surface area contributed by atoms with Gasteiger partial charge in [0.05, 0.1) is 6.10 Å². The average molecular weight is 223 g/mol. The van der Waals surface area contributed by atoms with Crippen molar-refractivity contribution >= 4 is 11.7 Å². The minimum absolute atomic E-state index is 0.00997. The molecule has 0 spiro atoms. The lowest BCUT2D eigenvalue weighted by molar-refractivity contribution is 0.0870. The maximum absolute atomic E-state index is 11.7. The molecule has 1 aromatic rings. The Hall–Kier alpha value is -1.62. The number of ether oxygens (including phenoxy) is 1. The third-order valence-corrected chi connectivity index (χ3v) is 2.19. The van der Waals surface area contributed by atoms with Gasteiger partial charge in [0.1, 0.15) is 5.82 Å².